The van der Waals surface area contributed by atoms with Gasteiger partial charge in [-0.2, -0.15) is 0 Å². The van der Waals surface area contributed by atoms with E-state index in [9.17, 15) is 55.2 Å². The number of phenolic OH excluding ortho intramolecular Hbond substituents is 2. The molecule has 9 N–H and O–H groups in total. The number of methoxy groups -OCH3 is 1. The lowest BCUT2D eigenvalue weighted by atomic mass is 9.96. The molecule has 19 heteroatoms. The second kappa shape index (κ2) is 15.8. The average molecular weight is 753 g/mol. The number of carbonyl (C=O) groups excluding carboxylic acids is 1. The molecule has 0 amide bonds. The van der Waals surface area contributed by atoms with Crippen LogP contribution in [0.25, 0.3) is 22.3 Å². The van der Waals surface area contributed by atoms with Gasteiger partial charge in [0.1, 0.15) is 58.7 Å². The molecule has 19 nitrogen and oxygen atoms in total. The predicted octanol–water partition coefficient (Wildman–Crippen LogP) is -0.923. The fourth-order valence-corrected chi connectivity index (χ4v) is 6.00. The maximum Gasteiger partial charge on any atom is 0.309 e. The number of benzene rings is 2. The second-order valence-electron chi connectivity index (χ2n) is 13.0. The first-order chi connectivity index (χ1) is 24.9. The molecule has 1 aromatic heterocycles. The Labute approximate surface area is 299 Å². The van der Waals surface area contributed by atoms with Crippen LogP contribution in [0.1, 0.15) is 26.7 Å². The van der Waals surface area contributed by atoms with Crippen LogP contribution in [-0.2, 0) is 28.5 Å². The molecule has 0 aliphatic carbocycles. The first kappa shape index (κ1) is 39.6. The van der Waals surface area contributed by atoms with Crippen molar-refractivity contribution in [3.8, 4) is 34.3 Å². The molecule has 3 heterocycles. The molecule has 0 unspecified atom stereocenters. The van der Waals surface area contributed by atoms with Crippen LogP contribution >= 0.6 is 0 Å². The summed E-state index contributed by atoms with van der Waals surface area (Å²) in [4.78, 5) is 38.2. The molecule has 0 radical (unpaired) electrons. The van der Waals surface area contributed by atoms with Crippen molar-refractivity contribution < 1.29 is 88.4 Å². The molecule has 2 aromatic carbocycles. The van der Waals surface area contributed by atoms with Crippen molar-refractivity contribution in [1.82, 2.24) is 0 Å². The molecule has 2 saturated heterocycles. The monoisotopic (exact) mass is 752 g/mol. The zero-order chi connectivity index (χ0) is 38.9. The number of carboxylic acid groups (broad SMARTS) is 1. The molecule has 0 saturated carbocycles. The maximum atomic E-state index is 14.1. The van der Waals surface area contributed by atoms with Crippen molar-refractivity contribution in [2.75, 3.05) is 13.7 Å². The maximum absolute atomic E-state index is 14.1. The number of fused-ring (bicyclic) bond motifs is 1. The summed E-state index contributed by atoms with van der Waals surface area (Å²) in [6.45, 7) is 1.45. The van der Waals surface area contributed by atoms with Crippen LogP contribution in [0.3, 0.4) is 0 Å². The molecule has 2 aliphatic rings. The quantitative estimate of drug-likeness (QED) is 0.101. The van der Waals surface area contributed by atoms with E-state index in [4.69, 9.17) is 37.9 Å². The number of ether oxygens (including phenoxy) is 6. The molecule has 2 aliphatic heterocycles. The summed E-state index contributed by atoms with van der Waals surface area (Å²) in [5.41, 5.74) is -3.07. The molecule has 290 valence electrons. The number of hydrogen-bond acceptors (Lipinski definition) is 18. The first-order valence-electron chi connectivity index (χ1n) is 16.2. The number of aliphatic hydroxyl groups is 6. The highest BCUT2D eigenvalue weighted by atomic mass is 16.8. The smallest absolute Gasteiger partial charge is 0.309 e. The molecular formula is C34H40O19. The summed E-state index contributed by atoms with van der Waals surface area (Å²) < 4.78 is 39.8. The SMILES string of the molecule is COc1cc(O)c2c(=O)c(O[C@@H]3O[C@H](CO)[C@H](OC(=O)C[C@@](C)(O)CC(=O)O)[C@H](O)[C@H]3O[C@@H]3O[C@@H](C)[C@H](O)[C@@H](O)[C@H]3O)c(-c3ccc(O)cc3)oc2c1. The van der Waals surface area contributed by atoms with Crippen molar-refractivity contribution in [2.45, 2.75) is 93.7 Å². The third kappa shape index (κ3) is 8.48. The van der Waals surface area contributed by atoms with Crippen LogP contribution in [0.5, 0.6) is 23.0 Å². The fraction of sp³-hybridized carbons (Fsp3) is 0.500. The van der Waals surface area contributed by atoms with Crippen LogP contribution in [-0.4, -0.2) is 139 Å². The van der Waals surface area contributed by atoms with Crippen molar-refractivity contribution in [1.29, 1.82) is 0 Å². The number of carboxylic acids is 1. The van der Waals surface area contributed by atoms with Crippen molar-refractivity contribution in [2.24, 2.45) is 0 Å². The molecule has 2 fully saturated rings. The summed E-state index contributed by atoms with van der Waals surface area (Å²) in [6, 6.07) is 7.72. The van der Waals surface area contributed by atoms with Gasteiger partial charge in [-0.1, -0.05) is 0 Å². The van der Waals surface area contributed by atoms with Gasteiger partial charge in [0.2, 0.25) is 17.5 Å². The summed E-state index contributed by atoms with van der Waals surface area (Å²) in [7, 11) is 1.32. The van der Waals surface area contributed by atoms with E-state index in [1.807, 2.05) is 0 Å². The minimum Gasteiger partial charge on any atom is -0.508 e. The van der Waals surface area contributed by atoms with Gasteiger partial charge in [0.15, 0.2) is 24.3 Å². The minimum absolute atomic E-state index is 0.124. The number of esters is 1. The predicted molar refractivity (Wildman–Crippen MR) is 175 cm³/mol. The summed E-state index contributed by atoms with van der Waals surface area (Å²) >= 11 is 0. The number of hydrogen-bond donors (Lipinski definition) is 9. The molecule has 5 rings (SSSR count). The van der Waals surface area contributed by atoms with Crippen LogP contribution in [0.15, 0.2) is 45.6 Å². The lowest BCUT2D eigenvalue weighted by Crippen LogP contribution is -2.65. The van der Waals surface area contributed by atoms with E-state index in [1.54, 1.807) is 0 Å². The van der Waals surface area contributed by atoms with E-state index in [-0.39, 0.29) is 33.8 Å². The fourth-order valence-electron chi connectivity index (χ4n) is 6.00. The van der Waals surface area contributed by atoms with Crippen LogP contribution in [0.4, 0.5) is 0 Å². The average Bonchev–Trinajstić information content (AvgIpc) is 3.08. The topological polar surface area (TPSA) is 302 Å². The standard InChI is InChI=1S/C34H40O19/c1-13-23(41)25(43)26(44)32(48-13)53-31-27(45)29(51-21(40)11-34(2,46)10-20(38)39)19(12-35)50-33(31)52-30-24(42)22-17(37)8-16(47-3)9-18(22)49-28(30)14-4-6-15(36)7-5-14/h4-9,13,19,23,25-27,29,31-33,35-37,41,43-46H,10-12H2,1-3H3,(H,38,39)/t13-,19+,23-,25+,26+,27-,29-,31+,32-,33-,34-/m0/s1. The van der Waals surface area contributed by atoms with Crippen LogP contribution < -0.4 is 14.9 Å². The molecule has 0 bridgehead atoms. The summed E-state index contributed by atoms with van der Waals surface area (Å²) in [5.74, 6) is -4.18. The van der Waals surface area contributed by atoms with Gasteiger partial charge in [0.25, 0.3) is 0 Å². The van der Waals surface area contributed by atoms with Gasteiger partial charge in [-0.3, -0.25) is 14.4 Å². The number of rotatable bonds is 12. The largest absolute Gasteiger partial charge is 0.508 e. The van der Waals surface area contributed by atoms with Gasteiger partial charge in [0, 0.05) is 17.7 Å². The van der Waals surface area contributed by atoms with E-state index >= 15 is 0 Å². The number of aliphatic hydroxyl groups excluding tert-OH is 5. The molecule has 11 atom stereocenters. The highest BCUT2D eigenvalue weighted by Gasteiger charge is 2.53. The second-order valence-corrected chi connectivity index (χ2v) is 13.0. The van der Waals surface area contributed by atoms with E-state index in [2.05, 4.69) is 0 Å². The van der Waals surface area contributed by atoms with E-state index in [0.29, 0.717) is 0 Å². The van der Waals surface area contributed by atoms with Crippen LogP contribution in [0.2, 0.25) is 0 Å². The van der Waals surface area contributed by atoms with Gasteiger partial charge < -0.3 is 78.8 Å². The Bertz CT molecular complexity index is 1840. The minimum atomic E-state index is -2.09. The Balaban J connectivity index is 1.59. The van der Waals surface area contributed by atoms with E-state index in [1.165, 1.54) is 44.4 Å². The Morgan fingerprint density at radius 1 is 0.906 bits per heavy atom. The highest BCUT2D eigenvalue weighted by Crippen LogP contribution is 2.39. The summed E-state index contributed by atoms with van der Waals surface area (Å²) in [6.07, 6.45) is -19.4. The van der Waals surface area contributed by atoms with E-state index in [0.717, 1.165) is 13.0 Å². The van der Waals surface area contributed by atoms with Gasteiger partial charge >= 0.3 is 11.9 Å². The van der Waals surface area contributed by atoms with Crippen LogP contribution in [0, 0.1) is 0 Å². The van der Waals surface area contributed by atoms with E-state index < -0.39 is 115 Å². The zero-order valence-electron chi connectivity index (χ0n) is 28.5. The van der Waals surface area contributed by atoms with Crippen molar-refractivity contribution in [3.05, 3.63) is 46.6 Å². The Morgan fingerprint density at radius 2 is 1.58 bits per heavy atom. The number of aromatic hydroxyl groups is 2. The third-order valence-electron chi connectivity index (χ3n) is 8.73. The molecule has 0 spiro atoms. The lowest BCUT2D eigenvalue weighted by Gasteiger charge is -2.46. The van der Waals surface area contributed by atoms with Gasteiger partial charge in [-0.05, 0) is 38.1 Å². The highest BCUT2D eigenvalue weighted by molar-refractivity contribution is 5.88. The number of carbonyl (C=O) groups is 2. The van der Waals surface area contributed by atoms with Gasteiger partial charge in [-0.15, -0.1) is 0 Å². The number of phenols is 2. The first-order valence-corrected chi connectivity index (χ1v) is 16.2. The van der Waals surface area contributed by atoms with Crippen molar-refractivity contribution >= 4 is 22.9 Å². The number of aliphatic carboxylic acids is 1. The van der Waals surface area contributed by atoms with Gasteiger partial charge in [0.05, 0.1) is 38.3 Å². The normalized spacial score (nSPS) is 30.0. The summed E-state index contributed by atoms with van der Waals surface area (Å²) in [5, 5.41) is 93.1. The third-order valence-corrected chi connectivity index (χ3v) is 8.73. The molecule has 3 aromatic rings. The molecule has 53 heavy (non-hydrogen) atoms. The Hall–Kier alpha value is -4.57. The Kier molecular flexibility index (Phi) is 11.8. The van der Waals surface area contributed by atoms with Crippen molar-refractivity contribution in [3.63, 3.8) is 0 Å². The Morgan fingerprint density at radius 3 is 2.21 bits per heavy atom. The molecular weight excluding hydrogens is 712 g/mol. The lowest BCUT2D eigenvalue weighted by molar-refractivity contribution is -0.355. The van der Waals surface area contributed by atoms with Gasteiger partial charge in [-0.25, -0.2) is 0 Å². The zero-order valence-corrected chi connectivity index (χ0v) is 28.5.